The fourth-order valence-corrected chi connectivity index (χ4v) is 4.76. The van der Waals surface area contributed by atoms with Crippen molar-refractivity contribution in [2.24, 2.45) is 5.92 Å². The molecule has 1 aromatic rings. The molecular formula is C18H20N2O5S2. The highest BCUT2D eigenvalue weighted by atomic mass is 32.9. The first-order valence-electron chi connectivity index (χ1n) is 8.24. The zero-order chi connectivity index (χ0) is 19.6. The van der Waals surface area contributed by atoms with Crippen LogP contribution in [-0.4, -0.2) is 31.5 Å². The van der Waals surface area contributed by atoms with E-state index in [1.807, 2.05) is 19.2 Å². The third-order valence-corrected chi connectivity index (χ3v) is 5.88. The van der Waals surface area contributed by atoms with Crippen LogP contribution in [0.15, 0.2) is 28.4 Å². The molecule has 0 aromatic heterocycles. The predicted octanol–water partition coefficient (Wildman–Crippen LogP) is 4.29. The first-order chi connectivity index (χ1) is 13.0. The van der Waals surface area contributed by atoms with Gasteiger partial charge in [-0.1, -0.05) is 34.5 Å². The Balaban J connectivity index is 2.04. The van der Waals surface area contributed by atoms with Crippen molar-refractivity contribution in [1.82, 2.24) is 4.57 Å². The summed E-state index contributed by atoms with van der Waals surface area (Å²) in [5, 5.41) is 4.47. The minimum Gasteiger partial charge on any atom is -0.497 e. The largest absolute Gasteiger partial charge is 0.497 e. The van der Waals surface area contributed by atoms with E-state index in [2.05, 4.69) is 5.32 Å². The second-order valence-electron chi connectivity index (χ2n) is 6.18. The van der Waals surface area contributed by atoms with Gasteiger partial charge in [0.15, 0.2) is 0 Å². The number of aromatic nitrogens is 1. The highest BCUT2D eigenvalue weighted by molar-refractivity contribution is 7.70. The predicted molar refractivity (Wildman–Crippen MR) is 107 cm³/mol. The number of fused-ring (bicyclic) bond motifs is 1. The lowest BCUT2D eigenvalue weighted by Crippen LogP contribution is -2.22. The van der Waals surface area contributed by atoms with E-state index < -0.39 is 6.09 Å². The molecule has 0 spiro atoms. The molecule has 0 atom stereocenters. The average molecular weight is 409 g/mol. The smallest absolute Gasteiger partial charge is 0.411 e. The number of methoxy groups -OCH3 is 2. The molecule has 0 bridgehead atoms. The van der Waals surface area contributed by atoms with Crippen molar-refractivity contribution in [3.63, 3.8) is 0 Å². The van der Waals surface area contributed by atoms with Crippen molar-refractivity contribution < 1.29 is 19.0 Å². The number of hydrogen-bond donors (Lipinski definition) is 1. The Hall–Kier alpha value is -2.52. The summed E-state index contributed by atoms with van der Waals surface area (Å²) in [5.74, 6) is 1.32. The molecule has 7 nitrogen and oxygen atoms in total. The van der Waals surface area contributed by atoms with E-state index in [1.54, 1.807) is 25.3 Å². The molecule has 2 aliphatic heterocycles. The Morgan fingerprint density at radius 1 is 1.26 bits per heavy atom. The highest BCUT2D eigenvalue weighted by Gasteiger charge is 2.27. The van der Waals surface area contributed by atoms with Crippen LogP contribution in [0, 0.1) is 5.92 Å². The van der Waals surface area contributed by atoms with Crippen LogP contribution in [0.3, 0.4) is 0 Å². The lowest BCUT2D eigenvalue weighted by atomic mass is 10.2. The number of benzene rings is 1. The summed E-state index contributed by atoms with van der Waals surface area (Å²) in [6.45, 7) is 4.17. The second-order valence-corrected chi connectivity index (χ2v) is 8.26. The molecule has 0 saturated heterocycles. The zero-order valence-electron chi connectivity index (χ0n) is 15.4. The van der Waals surface area contributed by atoms with Gasteiger partial charge in [0.1, 0.15) is 17.2 Å². The molecule has 0 fully saturated rings. The van der Waals surface area contributed by atoms with Crippen LogP contribution in [0.5, 0.6) is 11.5 Å². The van der Waals surface area contributed by atoms with E-state index in [9.17, 15) is 9.59 Å². The fraction of sp³-hybridized carbons (Fsp3) is 0.333. The average Bonchev–Trinajstić information content (AvgIpc) is 3.22. The molecule has 2 heterocycles. The van der Waals surface area contributed by atoms with Crippen molar-refractivity contribution in [3.8, 4) is 27.8 Å². The molecule has 0 radical (unpaired) electrons. The summed E-state index contributed by atoms with van der Waals surface area (Å²) in [7, 11) is 5.99. The van der Waals surface area contributed by atoms with Crippen molar-refractivity contribution in [2.45, 2.75) is 13.8 Å². The minimum atomic E-state index is -0.639. The summed E-state index contributed by atoms with van der Waals surface area (Å²) in [5.41, 5.74) is 1.15. The van der Waals surface area contributed by atoms with Crippen LogP contribution in [0.4, 0.5) is 10.5 Å². The molecule has 0 saturated carbocycles. The molecule has 0 unspecified atom stereocenters. The molecule has 3 rings (SSSR count). The maximum atomic E-state index is 13.1. The van der Waals surface area contributed by atoms with Gasteiger partial charge in [0.25, 0.3) is 5.56 Å². The number of carbonyl (C=O) groups is 1. The molecule has 9 heteroatoms. The maximum Gasteiger partial charge on any atom is 0.411 e. The van der Waals surface area contributed by atoms with E-state index in [4.69, 9.17) is 14.2 Å². The van der Waals surface area contributed by atoms with Gasteiger partial charge >= 0.3 is 6.09 Å². The maximum absolute atomic E-state index is 13.1. The van der Waals surface area contributed by atoms with Gasteiger partial charge in [-0.25, -0.2) is 4.79 Å². The monoisotopic (exact) mass is 408 g/mol. The lowest BCUT2D eigenvalue weighted by molar-refractivity contribution is 0.147. The molecule has 2 aliphatic rings. The normalized spacial score (nSPS) is 11.0. The number of nitrogens with zero attached hydrogens (tertiary/aromatic N) is 1. The summed E-state index contributed by atoms with van der Waals surface area (Å²) in [6.07, 6.45) is -0.639. The Labute approximate surface area is 163 Å². The first-order valence-corrected chi connectivity index (χ1v) is 10.5. The van der Waals surface area contributed by atoms with E-state index >= 15 is 0 Å². The summed E-state index contributed by atoms with van der Waals surface area (Å²) in [4.78, 5) is 25.8. The van der Waals surface area contributed by atoms with Crippen LogP contribution in [0.2, 0.25) is 0 Å². The number of amides is 1. The van der Waals surface area contributed by atoms with Crippen molar-refractivity contribution in [2.75, 3.05) is 26.1 Å². The molecule has 1 amide bonds. The first kappa shape index (κ1) is 19.2. The van der Waals surface area contributed by atoms with Gasteiger partial charge in [0.2, 0.25) is 0 Å². The number of anilines is 1. The molecule has 27 heavy (non-hydrogen) atoms. The number of nitrogens with one attached hydrogen (secondary N) is 1. The van der Waals surface area contributed by atoms with Crippen molar-refractivity contribution in [1.29, 1.82) is 0 Å². The van der Waals surface area contributed by atoms with Crippen molar-refractivity contribution in [3.05, 3.63) is 33.9 Å². The van der Waals surface area contributed by atoms with Gasteiger partial charge in [-0.05, 0) is 18.1 Å². The summed E-state index contributed by atoms with van der Waals surface area (Å²) < 4.78 is 17.3. The number of rotatable bonds is 6. The number of ether oxygens (including phenoxy) is 3. The quantitative estimate of drug-likeness (QED) is 0.616. The standard InChI is InChI=1S/C18H20N2O5S2/c1-10(2)8-25-18(22)19-15-16-13(9-26-27-16)20(17(15)21)12-6-5-11(23-3)7-14(12)24-4/h5-7,9-10H,8H2,1-4H3,(H,19,22). The van der Waals surface area contributed by atoms with Crippen LogP contribution in [0.25, 0.3) is 16.3 Å². The number of carbonyl (C=O) groups excluding carboxylic acids is 1. The van der Waals surface area contributed by atoms with E-state index in [-0.39, 0.29) is 23.8 Å². The second kappa shape index (κ2) is 8.01. The van der Waals surface area contributed by atoms with Gasteiger partial charge in [0.05, 0.1) is 37.1 Å². The van der Waals surface area contributed by atoms with Crippen LogP contribution in [0.1, 0.15) is 13.8 Å². The minimum absolute atomic E-state index is 0.208. The Kier molecular flexibility index (Phi) is 5.71. The van der Waals surface area contributed by atoms with Crippen LogP contribution in [-0.2, 0) is 4.74 Å². The summed E-state index contributed by atoms with van der Waals surface area (Å²) in [6, 6.07) is 5.21. The van der Waals surface area contributed by atoms with Crippen LogP contribution < -0.4 is 20.3 Å². The van der Waals surface area contributed by atoms with E-state index in [0.717, 1.165) is 0 Å². The topological polar surface area (TPSA) is 78.8 Å². The van der Waals surface area contributed by atoms with E-state index in [1.165, 1.54) is 32.4 Å². The third kappa shape index (κ3) is 3.79. The van der Waals surface area contributed by atoms with Gasteiger partial charge in [-0.2, -0.15) is 0 Å². The fourth-order valence-electron chi connectivity index (χ4n) is 2.56. The van der Waals surface area contributed by atoms with Crippen LogP contribution >= 0.6 is 20.7 Å². The molecule has 0 aliphatic carbocycles. The van der Waals surface area contributed by atoms with Crippen molar-refractivity contribution >= 4 is 32.5 Å². The number of hydrogen-bond acceptors (Lipinski definition) is 7. The highest BCUT2D eigenvalue weighted by Crippen LogP contribution is 2.40. The molecule has 144 valence electrons. The summed E-state index contributed by atoms with van der Waals surface area (Å²) >= 11 is 0. The zero-order valence-corrected chi connectivity index (χ0v) is 17.0. The Bertz CT molecular complexity index is 973. The van der Waals surface area contributed by atoms with Gasteiger partial charge < -0.3 is 14.2 Å². The molecular weight excluding hydrogens is 388 g/mol. The van der Waals surface area contributed by atoms with Gasteiger partial charge in [0, 0.05) is 11.4 Å². The SMILES string of the molecule is COc1ccc(-n2c3cssc-3c(NC(=O)OCC(C)C)c2=O)c(OC)c1. The Morgan fingerprint density at radius 3 is 2.70 bits per heavy atom. The molecule has 1 N–H and O–H groups in total. The lowest BCUT2D eigenvalue weighted by Gasteiger charge is -2.11. The van der Waals surface area contributed by atoms with Gasteiger partial charge in [-0.15, -0.1) is 0 Å². The molecule has 1 aromatic carbocycles. The third-order valence-electron chi connectivity index (χ3n) is 3.81. The van der Waals surface area contributed by atoms with E-state index in [0.29, 0.717) is 27.8 Å². The Morgan fingerprint density at radius 2 is 2.04 bits per heavy atom. The van der Waals surface area contributed by atoms with Gasteiger partial charge in [-0.3, -0.25) is 14.7 Å².